The lowest BCUT2D eigenvalue weighted by atomic mass is 9.70. The quantitative estimate of drug-likeness (QED) is 0.757. The van der Waals surface area contributed by atoms with Gasteiger partial charge < -0.3 is 11.2 Å². The molecule has 1 amide bonds. The number of amides is 1. The molecule has 0 bridgehead atoms. The number of aromatic nitrogens is 2. The second kappa shape index (κ2) is 6.17. The largest absolute Gasteiger partial charge is 0.433 e. The third kappa shape index (κ3) is 3.01. The molecule has 0 atom stereocenters. The number of nitrogens with one attached hydrogen (secondary N) is 2. The summed E-state index contributed by atoms with van der Waals surface area (Å²) in [6, 6.07) is 0.843. The van der Waals surface area contributed by atoms with Gasteiger partial charge in [0.15, 0.2) is 0 Å². The number of hydrogen-bond acceptors (Lipinski definition) is 6. The smallest absolute Gasteiger partial charge is 0.364 e. The third-order valence-electron chi connectivity index (χ3n) is 4.71. The van der Waals surface area contributed by atoms with E-state index in [1.165, 1.54) is 5.01 Å². The number of rotatable bonds is 3. The van der Waals surface area contributed by atoms with Crippen LogP contribution >= 0.6 is 0 Å². The Morgan fingerprint density at radius 3 is 2.60 bits per heavy atom. The number of alkyl halides is 3. The highest BCUT2D eigenvalue weighted by molar-refractivity contribution is 5.92. The molecule has 1 fully saturated rings. The molecule has 1 aromatic rings. The van der Waals surface area contributed by atoms with Crippen LogP contribution in [0.5, 0.6) is 0 Å². The van der Waals surface area contributed by atoms with Gasteiger partial charge in [-0.2, -0.15) is 13.2 Å². The number of nitrogens with zero attached hydrogens (tertiary/aromatic N) is 3. The summed E-state index contributed by atoms with van der Waals surface area (Å²) in [7, 11) is 1.60. The van der Waals surface area contributed by atoms with Crippen LogP contribution in [0.25, 0.3) is 0 Å². The SMILES string of the molecule is CN1NNC(C2(c3nccc(C(F)(F)F)n3)CCCCC2)=C1C(N)=O. The Kier molecular flexibility index (Phi) is 4.31. The lowest BCUT2D eigenvalue weighted by Gasteiger charge is -2.37. The van der Waals surface area contributed by atoms with Crippen molar-refractivity contribution in [2.75, 3.05) is 7.05 Å². The van der Waals surface area contributed by atoms with Crippen LogP contribution < -0.4 is 16.7 Å². The van der Waals surface area contributed by atoms with Gasteiger partial charge in [0.2, 0.25) is 0 Å². The van der Waals surface area contributed by atoms with Gasteiger partial charge in [-0.25, -0.2) is 9.97 Å². The molecule has 0 radical (unpaired) electrons. The molecule has 2 aliphatic rings. The highest BCUT2D eigenvalue weighted by Crippen LogP contribution is 2.45. The Morgan fingerprint density at radius 2 is 2.00 bits per heavy atom. The summed E-state index contributed by atoms with van der Waals surface area (Å²) < 4.78 is 39.3. The van der Waals surface area contributed by atoms with Crippen LogP contribution in [-0.2, 0) is 16.4 Å². The Hall–Kier alpha value is -2.36. The van der Waals surface area contributed by atoms with Crippen LogP contribution in [0.1, 0.15) is 43.6 Å². The van der Waals surface area contributed by atoms with Crippen molar-refractivity contribution in [3.8, 4) is 0 Å². The number of carbonyl (C=O) groups excluding carboxylic acids is 1. The van der Waals surface area contributed by atoms with E-state index in [-0.39, 0.29) is 11.5 Å². The van der Waals surface area contributed by atoms with Crippen molar-refractivity contribution in [2.45, 2.75) is 43.7 Å². The molecule has 1 aliphatic heterocycles. The maximum atomic E-state index is 13.1. The fourth-order valence-electron chi connectivity index (χ4n) is 3.55. The molecule has 3 rings (SSSR count). The van der Waals surface area contributed by atoms with E-state index < -0.39 is 23.2 Å². The van der Waals surface area contributed by atoms with E-state index in [1.54, 1.807) is 7.05 Å². The van der Waals surface area contributed by atoms with Crippen molar-refractivity contribution >= 4 is 5.91 Å². The second-order valence-electron chi connectivity index (χ2n) is 6.29. The van der Waals surface area contributed by atoms with Crippen LogP contribution in [0.3, 0.4) is 0 Å². The summed E-state index contributed by atoms with van der Waals surface area (Å²) in [5.74, 6) is -0.618. The Morgan fingerprint density at radius 1 is 1.32 bits per heavy atom. The van der Waals surface area contributed by atoms with Gasteiger partial charge in [-0.3, -0.25) is 9.80 Å². The molecular weight excluding hydrogens is 337 g/mol. The highest BCUT2D eigenvalue weighted by Gasteiger charge is 2.46. The number of hydrogen-bond donors (Lipinski definition) is 3. The summed E-state index contributed by atoms with van der Waals surface area (Å²) >= 11 is 0. The summed E-state index contributed by atoms with van der Waals surface area (Å²) in [5, 5.41) is 1.42. The van der Waals surface area contributed by atoms with Crippen molar-refractivity contribution in [3.05, 3.63) is 35.2 Å². The summed E-state index contributed by atoms with van der Waals surface area (Å²) in [6.45, 7) is 0. The van der Waals surface area contributed by atoms with Gasteiger partial charge in [0.05, 0.1) is 11.1 Å². The zero-order valence-corrected chi connectivity index (χ0v) is 13.7. The van der Waals surface area contributed by atoms with Crippen molar-refractivity contribution in [1.29, 1.82) is 0 Å². The predicted molar refractivity (Wildman–Crippen MR) is 82.1 cm³/mol. The van der Waals surface area contributed by atoms with Gasteiger partial charge in [0.1, 0.15) is 17.2 Å². The summed E-state index contributed by atoms with van der Waals surface area (Å²) in [6.07, 6.45) is 0.154. The molecule has 1 saturated carbocycles. The fraction of sp³-hybridized carbons (Fsp3) is 0.533. The topological polar surface area (TPSA) is 96.2 Å². The zero-order valence-electron chi connectivity index (χ0n) is 13.7. The molecule has 0 unspecified atom stereocenters. The monoisotopic (exact) mass is 356 g/mol. The number of hydrazine groups is 2. The van der Waals surface area contributed by atoms with Gasteiger partial charge in [0, 0.05) is 13.2 Å². The molecule has 0 aromatic carbocycles. The van der Waals surface area contributed by atoms with E-state index in [0.717, 1.165) is 31.5 Å². The van der Waals surface area contributed by atoms with E-state index >= 15 is 0 Å². The van der Waals surface area contributed by atoms with Crippen LogP contribution in [0, 0.1) is 0 Å². The van der Waals surface area contributed by atoms with Crippen LogP contribution in [0.4, 0.5) is 13.2 Å². The molecule has 0 saturated heterocycles. The lowest BCUT2D eigenvalue weighted by Crippen LogP contribution is -2.42. The van der Waals surface area contributed by atoms with E-state index in [4.69, 9.17) is 5.73 Å². The number of carbonyl (C=O) groups is 1. The maximum absolute atomic E-state index is 13.1. The molecule has 136 valence electrons. The first-order valence-corrected chi connectivity index (χ1v) is 7.96. The van der Waals surface area contributed by atoms with E-state index in [1.807, 2.05) is 0 Å². The molecule has 7 nitrogen and oxygen atoms in total. The van der Waals surface area contributed by atoms with Gasteiger partial charge in [-0.1, -0.05) is 19.3 Å². The normalized spacial score (nSPS) is 20.6. The minimum Gasteiger partial charge on any atom is -0.364 e. The van der Waals surface area contributed by atoms with Gasteiger partial charge >= 0.3 is 6.18 Å². The van der Waals surface area contributed by atoms with Crippen molar-refractivity contribution in [3.63, 3.8) is 0 Å². The van der Waals surface area contributed by atoms with Crippen LogP contribution in [0.15, 0.2) is 23.7 Å². The Balaban J connectivity index is 2.17. The summed E-state index contributed by atoms with van der Waals surface area (Å²) in [5.41, 5.74) is 9.85. The fourth-order valence-corrected chi connectivity index (χ4v) is 3.55. The van der Waals surface area contributed by atoms with Crippen LogP contribution in [0.2, 0.25) is 0 Å². The van der Waals surface area contributed by atoms with Crippen molar-refractivity contribution in [1.82, 2.24) is 25.9 Å². The summed E-state index contributed by atoms with van der Waals surface area (Å²) in [4.78, 5) is 19.8. The highest BCUT2D eigenvalue weighted by atomic mass is 19.4. The number of halogens is 3. The first kappa shape index (κ1) is 17.5. The van der Waals surface area contributed by atoms with Crippen molar-refractivity contribution in [2.24, 2.45) is 5.73 Å². The van der Waals surface area contributed by atoms with Gasteiger partial charge in [0.25, 0.3) is 5.91 Å². The van der Waals surface area contributed by atoms with Gasteiger partial charge in [-0.05, 0) is 18.9 Å². The number of primary amides is 1. The Bertz CT molecular complexity index is 711. The molecule has 2 heterocycles. The van der Waals surface area contributed by atoms with Crippen LogP contribution in [-0.4, -0.2) is 27.9 Å². The molecule has 10 heteroatoms. The number of likely N-dealkylation sites (N-methyl/N-ethyl adjacent to an activating group) is 1. The second-order valence-corrected chi connectivity index (χ2v) is 6.29. The van der Waals surface area contributed by atoms with Crippen molar-refractivity contribution < 1.29 is 18.0 Å². The average Bonchev–Trinajstić information content (AvgIpc) is 2.97. The molecule has 1 aliphatic carbocycles. The standard InChI is InChI=1S/C15H19F3N6O/c1-24-10(12(19)25)11(22-23-24)14(6-3-2-4-7-14)13-20-8-5-9(21-13)15(16,17)18/h5,8,22-23H,2-4,6-7H2,1H3,(H2,19,25). The van der Waals surface area contributed by atoms with Gasteiger partial charge in [-0.15, -0.1) is 5.53 Å². The van der Waals surface area contributed by atoms with E-state index in [0.29, 0.717) is 18.5 Å². The predicted octanol–water partition coefficient (Wildman–Crippen LogP) is 1.35. The molecule has 0 spiro atoms. The first-order valence-electron chi connectivity index (χ1n) is 7.96. The average molecular weight is 356 g/mol. The minimum absolute atomic E-state index is 0.0559. The van der Waals surface area contributed by atoms with E-state index in [2.05, 4.69) is 20.9 Å². The number of allylic oxidation sites excluding steroid dienone is 1. The lowest BCUT2D eigenvalue weighted by molar-refractivity contribution is -0.141. The molecular formula is C15H19F3N6O. The van der Waals surface area contributed by atoms with E-state index in [9.17, 15) is 18.0 Å². The molecule has 4 N–H and O–H groups in total. The first-order chi connectivity index (χ1) is 11.8. The number of nitrogens with two attached hydrogens (primary N) is 1. The molecule has 25 heavy (non-hydrogen) atoms. The Labute approximate surface area is 142 Å². The molecule has 1 aromatic heterocycles. The zero-order chi connectivity index (χ0) is 18.2. The maximum Gasteiger partial charge on any atom is 0.433 e. The minimum atomic E-state index is -4.56. The third-order valence-corrected chi connectivity index (χ3v) is 4.71.